The van der Waals surface area contributed by atoms with Crippen molar-refractivity contribution >= 4 is 22.9 Å². The maximum absolute atomic E-state index is 12.1. The van der Waals surface area contributed by atoms with Gasteiger partial charge in [-0.2, -0.15) is 0 Å². The Hall–Kier alpha value is -2.50. The van der Waals surface area contributed by atoms with E-state index in [1.54, 1.807) is 30.6 Å². The van der Waals surface area contributed by atoms with Crippen molar-refractivity contribution in [1.29, 1.82) is 0 Å². The number of carbonyl (C=O) groups excluding carboxylic acids is 1. The van der Waals surface area contributed by atoms with Crippen LogP contribution in [0.4, 0.5) is 0 Å². The maximum atomic E-state index is 12.1. The molecular weight excluding hydrogens is 258 g/mol. The molecule has 0 saturated heterocycles. The summed E-state index contributed by atoms with van der Waals surface area (Å²) in [5.74, 6) is -1.23. The van der Waals surface area contributed by atoms with Gasteiger partial charge in [-0.05, 0) is 24.6 Å². The van der Waals surface area contributed by atoms with Gasteiger partial charge >= 0.3 is 5.97 Å². The van der Waals surface area contributed by atoms with Crippen molar-refractivity contribution in [3.05, 3.63) is 36.2 Å². The number of aromatic nitrogens is 2. The molecule has 1 atom stereocenters. The summed E-state index contributed by atoms with van der Waals surface area (Å²) in [6.07, 6.45) is 3.62. The van der Waals surface area contributed by atoms with Gasteiger partial charge in [0.25, 0.3) is 5.91 Å². The molecule has 104 valence electrons. The Kier molecular flexibility index (Phi) is 4.24. The van der Waals surface area contributed by atoms with Gasteiger partial charge < -0.3 is 10.4 Å². The van der Waals surface area contributed by atoms with Crippen LogP contribution in [0.15, 0.2) is 30.6 Å². The van der Waals surface area contributed by atoms with Crippen molar-refractivity contribution in [2.24, 2.45) is 0 Å². The Morgan fingerprint density at radius 2 is 1.95 bits per heavy atom. The number of hydrogen-bond donors (Lipinski definition) is 2. The number of hydrogen-bond acceptors (Lipinski definition) is 4. The predicted molar refractivity (Wildman–Crippen MR) is 73.3 cm³/mol. The van der Waals surface area contributed by atoms with Crippen molar-refractivity contribution in [3.8, 4) is 0 Å². The van der Waals surface area contributed by atoms with Gasteiger partial charge in [0.05, 0.1) is 17.5 Å². The molecule has 0 bridgehead atoms. The minimum absolute atomic E-state index is 0.0877. The van der Waals surface area contributed by atoms with E-state index in [1.165, 1.54) is 0 Å². The van der Waals surface area contributed by atoms with Crippen molar-refractivity contribution in [2.75, 3.05) is 0 Å². The van der Waals surface area contributed by atoms with Crippen LogP contribution in [0.25, 0.3) is 11.0 Å². The molecule has 1 unspecified atom stereocenters. The second-order valence-electron chi connectivity index (χ2n) is 4.44. The summed E-state index contributed by atoms with van der Waals surface area (Å²) in [7, 11) is 0. The van der Waals surface area contributed by atoms with Crippen LogP contribution >= 0.6 is 0 Å². The lowest BCUT2D eigenvalue weighted by molar-refractivity contribution is -0.137. The number of carbonyl (C=O) groups is 2. The fraction of sp³-hybridized carbons (Fsp3) is 0.286. The molecule has 0 aliphatic rings. The van der Waals surface area contributed by atoms with Crippen molar-refractivity contribution in [2.45, 2.75) is 25.8 Å². The molecule has 0 radical (unpaired) electrons. The van der Waals surface area contributed by atoms with E-state index in [0.29, 0.717) is 23.0 Å². The molecule has 6 heteroatoms. The zero-order valence-corrected chi connectivity index (χ0v) is 11.0. The fourth-order valence-electron chi connectivity index (χ4n) is 1.88. The normalized spacial score (nSPS) is 12.1. The molecule has 6 nitrogen and oxygen atoms in total. The van der Waals surface area contributed by atoms with Gasteiger partial charge in [0, 0.05) is 24.0 Å². The number of amides is 1. The van der Waals surface area contributed by atoms with Crippen LogP contribution < -0.4 is 5.32 Å². The minimum Gasteiger partial charge on any atom is -0.481 e. The first-order valence-electron chi connectivity index (χ1n) is 6.33. The number of benzene rings is 1. The van der Waals surface area contributed by atoms with Gasteiger partial charge in [0.1, 0.15) is 0 Å². The minimum atomic E-state index is -0.929. The first-order valence-corrected chi connectivity index (χ1v) is 6.33. The third-order valence-electron chi connectivity index (χ3n) is 2.98. The summed E-state index contributed by atoms with van der Waals surface area (Å²) in [6, 6.07) is 4.64. The van der Waals surface area contributed by atoms with Crippen LogP contribution in [0.2, 0.25) is 0 Å². The summed E-state index contributed by atoms with van der Waals surface area (Å²) in [6.45, 7) is 1.83. The topological polar surface area (TPSA) is 92.2 Å². The Morgan fingerprint density at radius 3 is 2.60 bits per heavy atom. The van der Waals surface area contributed by atoms with E-state index in [1.807, 2.05) is 6.92 Å². The molecule has 1 heterocycles. The van der Waals surface area contributed by atoms with Crippen molar-refractivity contribution < 1.29 is 14.7 Å². The van der Waals surface area contributed by atoms with Crippen LogP contribution in [0.5, 0.6) is 0 Å². The highest BCUT2D eigenvalue weighted by molar-refractivity contribution is 5.97. The van der Waals surface area contributed by atoms with E-state index in [9.17, 15) is 9.59 Å². The number of aliphatic carboxylic acids is 1. The van der Waals surface area contributed by atoms with Gasteiger partial charge in [0.15, 0.2) is 0 Å². The van der Waals surface area contributed by atoms with Crippen molar-refractivity contribution in [3.63, 3.8) is 0 Å². The van der Waals surface area contributed by atoms with E-state index in [4.69, 9.17) is 5.11 Å². The molecule has 0 aliphatic heterocycles. The monoisotopic (exact) mass is 273 g/mol. The van der Waals surface area contributed by atoms with E-state index < -0.39 is 5.97 Å². The highest BCUT2D eigenvalue weighted by Crippen LogP contribution is 2.11. The molecule has 0 spiro atoms. The number of nitrogens with zero attached hydrogens (tertiary/aromatic N) is 2. The summed E-state index contributed by atoms with van der Waals surface area (Å²) in [5.41, 5.74) is 1.79. The summed E-state index contributed by atoms with van der Waals surface area (Å²) < 4.78 is 0. The largest absolute Gasteiger partial charge is 0.481 e. The predicted octanol–water partition coefficient (Wildman–Crippen LogP) is 1.61. The maximum Gasteiger partial charge on any atom is 0.305 e. The Bertz CT molecular complexity index is 642. The van der Waals surface area contributed by atoms with Crippen LogP contribution in [-0.4, -0.2) is 33.0 Å². The lowest BCUT2D eigenvalue weighted by Crippen LogP contribution is -2.36. The average molecular weight is 273 g/mol. The van der Waals surface area contributed by atoms with E-state index in [0.717, 1.165) is 0 Å². The third-order valence-corrected chi connectivity index (χ3v) is 2.98. The van der Waals surface area contributed by atoms with Crippen LogP contribution in [0, 0.1) is 0 Å². The number of carboxylic acid groups (broad SMARTS) is 1. The zero-order valence-electron chi connectivity index (χ0n) is 11.0. The van der Waals surface area contributed by atoms with E-state index in [-0.39, 0.29) is 18.4 Å². The second-order valence-corrected chi connectivity index (χ2v) is 4.44. The summed E-state index contributed by atoms with van der Waals surface area (Å²) >= 11 is 0. The Labute approximate surface area is 115 Å². The lowest BCUT2D eigenvalue weighted by atomic mass is 10.1. The second kappa shape index (κ2) is 6.10. The van der Waals surface area contributed by atoms with E-state index in [2.05, 4.69) is 15.3 Å². The van der Waals surface area contributed by atoms with E-state index >= 15 is 0 Å². The molecule has 20 heavy (non-hydrogen) atoms. The fourth-order valence-corrected chi connectivity index (χ4v) is 1.88. The molecule has 0 aliphatic carbocycles. The molecule has 1 aromatic carbocycles. The van der Waals surface area contributed by atoms with Gasteiger partial charge in [-0.1, -0.05) is 6.92 Å². The molecule has 1 aromatic heterocycles. The number of fused-ring (bicyclic) bond motifs is 1. The smallest absolute Gasteiger partial charge is 0.305 e. The first-order chi connectivity index (χ1) is 9.60. The van der Waals surface area contributed by atoms with Gasteiger partial charge in [-0.15, -0.1) is 0 Å². The highest BCUT2D eigenvalue weighted by atomic mass is 16.4. The Morgan fingerprint density at radius 1 is 1.25 bits per heavy atom. The Balaban J connectivity index is 2.16. The molecular formula is C14H15N3O3. The summed E-state index contributed by atoms with van der Waals surface area (Å²) in [5, 5.41) is 11.5. The molecule has 1 amide bonds. The molecule has 2 rings (SSSR count). The molecule has 2 N–H and O–H groups in total. The molecule has 0 fully saturated rings. The molecule has 2 aromatic rings. The lowest BCUT2D eigenvalue weighted by Gasteiger charge is -2.14. The van der Waals surface area contributed by atoms with Crippen LogP contribution in [0.1, 0.15) is 30.1 Å². The van der Waals surface area contributed by atoms with Crippen molar-refractivity contribution in [1.82, 2.24) is 15.3 Å². The highest BCUT2D eigenvalue weighted by Gasteiger charge is 2.15. The molecule has 0 saturated carbocycles. The SMILES string of the molecule is CCC(CC(=O)O)NC(=O)c1ccc2nccnc2c1. The zero-order chi connectivity index (χ0) is 14.5. The number of rotatable bonds is 5. The average Bonchev–Trinajstić information content (AvgIpc) is 2.45. The van der Waals surface area contributed by atoms with Gasteiger partial charge in [-0.25, -0.2) is 0 Å². The van der Waals surface area contributed by atoms with Crippen LogP contribution in [0.3, 0.4) is 0 Å². The van der Waals surface area contributed by atoms with Crippen LogP contribution in [-0.2, 0) is 4.79 Å². The quantitative estimate of drug-likeness (QED) is 0.863. The third kappa shape index (κ3) is 3.28. The standard InChI is InChI=1S/C14H15N3O3/c1-2-10(8-13(18)19)17-14(20)9-3-4-11-12(7-9)16-6-5-15-11/h3-7,10H,2,8H2,1H3,(H,17,20)(H,18,19). The van der Waals surface area contributed by atoms with Gasteiger partial charge in [0.2, 0.25) is 0 Å². The number of nitrogens with one attached hydrogen (secondary N) is 1. The first kappa shape index (κ1) is 13.9. The summed E-state index contributed by atoms with van der Waals surface area (Å²) in [4.78, 5) is 31.0. The number of carboxylic acids is 1. The van der Waals surface area contributed by atoms with Gasteiger partial charge in [-0.3, -0.25) is 19.6 Å².